The monoisotopic (exact) mass is 400 g/mol. The topological polar surface area (TPSA) is 85.1 Å². The number of amides is 1. The van der Waals surface area contributed by atoms with Gasteiger partial charge in [-0.1, -0.05) is 0 Å². The third kappa shape index (κ3) is 4.69. The van der Waals surface area contributed by atoms with Crippen LogP contribution in [0.5, 0.6) is 5.75 Å². The van der Waals surface area contributed by atoms with Crippen LogP contribution in [0.2, 0.25) is 0 Å². The van der Waals surface area contributed by atoms with E-state index in [2.05, 4.69) is 15.5 Å². The Morgan fingerprint density at radius 3 is 2.71 bits per heavy atom. The second-order valence-corrected chi connectivity index (χ2v) is 6.84. The summed E-state index contributed by atoms with van der Waals surface area (Å²) in [4.78, 5) is 12.4. The first-order valence-corrected chi connectivity index (χ1v) is 9.63. The number of hydrogen-bond acceptors (Lipinski definition) is 5. The van der Waals surface area contributed by atoms with Crippen LogP contribution >= 0.6 is 12.2 Å². The Kier molecular flexibility index (Phi) is 6.30. The molecule has 0 spiro atoms. The minimum absolute atomic E-state index is 0.0812. The minimum Gasteiger partial charge on any atom is -0.494 e. The summed E-state index contributed by atoms with van der Waals surface area (Å²) in [6.45, 7) is 6.75. The van der Waals surface area contributed by atoms with E-state index in [9.17, 15) is 4.79 Å². The Morgan fingerprint density at radius 2 is 2.07 bits per heavy atom. The molecular weight excluding hydrogens is 376 g/mol. The maximum atomic E-state index is 12.4. The van der Waals surface area contributed by atoms with E-state index in [4.69, 9.17) is 21.4 Å². The van der Waals surface area contributed by atoms with Crippen molar-refractivity contribution in [2.75, 3.05) is 6.61 Å². The average Bonchev–Trinajstić information content (AvgIpc) is 3.27. The molecule has 0 saturated heterocycles. The van der Waals surface area contributed by atoms with Crippen LogP contribution in [0.4, 0.5) is 0 Å². The number of carbonyl (C=O) groups excluding carboxylic acids is 1. The summed E-state index contributed by atoms with van der Waals surface area (Å²) in [6, 6.07) is 11.2. The van der Waals surface area contributed by atoms with Gasteiger partial charge in [-0.3, -0.25) is 14.5 Å². The summed E-state index contributed by atoms with van der Waals surface area (Å²) in [5.74, 6) is 2.97. The Labute approximate surface area is 168 Å². The fourth-order valence-corrected chi connectivity index (χ4v) is 3.12. The lowest BCUT2D eigenvalue weighted by Crippen LogP contribution is -2.27. The molecule has 3 aromatic rings. The molecular formula is C20H24N4O3S. The van der Waals surface area contributed by atoms with Crippen LogP contribution in [0.15, 0.2) is 40.8 Å². The van der Waals surface area contributed by atoms with Crippen LogP contribution in [0.3, 0.4) is 0 Å². The predicted molar refractivity (Wildman–Crippen MR) is 109 cm³/mol. The van der Waals surface area contributed by atoms with Crippen molar-refractivity contribution in [2.24, 2.45) is 0 Å². The number of H-pyrrole nitrogens is 1. The van der Waals surface area contributed by atoms with Gasteiger partial charge in [0, 0.05) is 18.5 Å². The molecule has 1 aromatic carbocycles. The van der Waals surface area contributed by atoms with Crippen LogP contribution in [0.25, 0.3) is 11.4 Å². The summed E-state index contributed by atoms with van der Waals surface area (Å²) >= 11 is 5.33. The Morgan fingerprint density at radius 1 is 1.32 bits per heavy atom. The maximum Gasteiger partial charge on any atom is 0.222 e. The summed E-state index contributed by atoms with van der Waals surface area (Å²) in [5.41, 5.74) is 0.899. The number of aromatic amines is 1. The lowest BCUT2D eigenvalue weighted by atomic mass is 10.2. The van der Waals surface area contributed by atoms with Crippen molar-refractivity contribution < 1.29 is 13.9 Å². The van der Waals surface area contributed by atoms with E-state index in [0.717, 1.165) is 22.8 Å². The molecule has 7 nitrogen and oxygen atoms in total. The molecule has 0 saturated carbocycles. The first kappa shape index (κ1) is 19.9. The lowest BCUT2D eigenvalue weighted by molar-refractivity contribution is -0.122. The van der Waals surface area contributed by atoms with Crippen molar-refractivity contribution in [2.45, 2.75) is 39.8 Å². The first-order chi connectivity index (χ1) is 13.5. The highest BCUT2D eigenvalue weighted by Crippen LogP contribution is 2.21. The number of ether oxygens (including phenoxy) is 1. The number of nitrogens with zero attached hydrogens (tertiary/aromatic N) is 2. The highest BCUT2D eigenvalue weighted by molar-refractivity contribution is 7.71. The molecule has 0 radical (unpaired) electrons. The van der Waals surface area contributed by atoms with E-state index in [1.807, 2.05) is 61.7 Å². The molecule has 3 rings (SSSR count). The van der Waals surface area contributed by atoms with E-state index < -0.39 is 0 Å². The largest absolute Gasteiger partial charge is 0.494 e. The SMILES string of the molecule is CCOc1ccc(-c2n[nH]c(=S)n2CCC(=O)NC(C)c2ccc(C)o2)cc1. The van der Waals surface area contributed by atoms with E-state index in [1.165, 1.54) is 0 Å². The van der Waals surface area contributed by atoms with E-state index >= 15 is 0 Å². The zero-order valence-corrected chi connectivity index (χ0v) is 17.0. The zero-order valence-electron chi connectivity index (χ0n) is 16.2. The molecule has 2 aromatic heterocycles. The number of furan rings is 1. The molecule has 148 valence electrons. The molecule has 1 amide bonds. The average molecular weight is 401 g/mol. The van der Waals surface area contributed by atoms with Crippen molar-refractivity contribution in [1.82, 2.24) is 20.1 Å². The Balaban J connectivity index is 1.65. The van der Waals surface area contributed by atoms with Gasteiger partial charge in [0.2, 0.25) is 5.91 Å². The Hall–Kier alpha value is -2.87. The molecule has 28 heavy (non-hydrogen) atoms. The third-order valence-corrected chi connectivity index (χ3v) is 4.62. The van der Waals surface area contributed by atoms with Crippen LogP contribution in [0, 0.1) is 11.7 Å². The van der Waals surface area contributed by atoms with Gasteiger partial charge in [-0.15, -0.1) is 0 Å². The van der Waals surface area contributed by atoms with Crippen molar-refractivity contribution >= 4 is 18.1 Å². The first-order valence-electron chi connectivity index (χ1n) is 9.22. The van der Waals surface area contributed by atoms with Gasteiger partial charge in [-0.25, -0.2) is 0 Å². The summed E-state index contributed by atoms with van der Waals surface area (Å²) in [7, 11) is 0. The number of nitrogens with one attached hydrogen (secondary N) is 2. The quantitative estimate of drug-likeness (QED) is 0.554. The van der Waals surface area contributed by atoms with Gasteiger partial charge in [-0.2, -0.15) is 5.10 Å². The molecule has 0 aliphatic carbocycles. The molecule has 8 heteroatoms. The number of benzene rings is 1. The fourth-order valence-electron chi connectivity index (χ4n) is 2.90. The molecule has 2 heterocycles. The summed E-state index contributed by atoms with van der Waals surface area (Å²) < 4.78 is 13.3. The normalized spacial score (nSPS) is 12.0. The standard InChI is InChI=1S/C20H24N4O3S/c1-4-26-16-8-6-15(7-9-16)19-22-23-20(28)24(19)12-11-18(25)21-14(3)17-10-5-13(2)27-17/h5-10,14H,4,11-12H2,1-3H3,(H,21,25)(H,23,28). The van der Waals surface area contributed by atoms with E-state index in [0.29, 0.717) is 23.7 Å². The molecule has 0 fully saturated rings. The third-order valence-electron chi connectivity index (χ3n) is 4.31. The van der Waals surface area contributed by atoms with Gasteiger partial charge < -0.3 is 14.5 Å². The molecule has 2 N–H and O–H groups in total. The van der Waals surface area contributed by atoms with Gasteiger partial charge in [-0.05, 0) is 69.4 Å². The molecule has 0 bridgehead atoms. The smallest absolute Gasteiger partial charge is 0.222 e. The molecule has 0 aliphatic rings. The highest BCUT2D eigenvalue weighted by atomic mass is 32.1. The van der Waals surface area contributed by atoms with E-state index in [1.54, 1.807) is 0 Å². The number of aromatic nitrogens is 3. The van der Waals surface area contributed by atoms with Gasteiger partial charge in [0.25, 0.3) is 0 Å². The Bertz CT molecular complexity index is 988. The number of carbonyl (C=O) groups is 1. The maximum absolute atomic E-state index is 12.4. The van der Waals surface area contributed by atoms with Crippen molar-refractivity contribution in [3.05, 3.63) is 52.7 Å². The van der Waals surface area contributed by atoms with Crippen LogP contribution < -0.4 is 10.1 Å². The zero-order chi connectivity index (χ0) is 20.1. The molecule has 0 aliphatic heterocycles. The number of rotatable bonds is 8. The second-order valence-electron chi connectivity index (χ2n) is 6.45. The molecule has 1 atom stereocenters. The van der Waals surface area contributed by atoms with Crippen molar-refractivity contribution in [1.29, 1.82) is 0 Å². The number of aryl methyl sites for hydroxylation is 1. The predicted octanol–water partition coefficient (Wildman–Crippen LogP) is 4.18. The number of hydrogen-bond donors (Lipinski definition) is 2. The van der Waals surface area contributed by atoms with Crippen molar-refractivity contribution in [3.63, 3.8) is 0 Å². The molecule has 1 unspecified atom stereocenters. The highest BCUT2D eigenvalue weighted by Gasteiger charge is 2.15. The van der Waals surface area contributed by atoms with Gasteiger partial charge in [0.05, 0.1) is 12.6 Å². The fraction of sp³-hybridized carbons (Fsp3) is 0.350. The van der Waals surface area contributed by atoms with Crippen molar-refractivity contribution in [3.8, 4) is 17.1 Å². The van der Waals surface area contributed by atoms with Gasteiger partial charge in [0.1, 0.15) is 17.3 Å². The summed E-state index contributed by atoms with van der Waals surface area (Å²) in [5, 5.41) is 10.1. The van der Waals surface area contributed by atoms with Gasteiger partial charge >= 0.3 is 0 Å². The lowest BCUT2D eigenvalue weighted by Gasteiger charge is -2.12. The van der Waals surface area contributed by atoms with Crippen LogP contribution in [0.1, 0.15) is 37.8 Å². The van der Waals surface area contributed by atoms with Crippen LogP contribution in [-0.4, -0.2) is 27.3 Å². The van der Waals surface area contributed by atoms with Crippen LogP contribution in [-0.2, 0) is 11.3 Å². The van der Waals surface area contributed by atoms with Gasteiger partial charge in [0.15, 0.2) is 10.6 Å². The summed E-state index contributed by atoms with van der Waals surface area (Å²) in [6.07, 6.45) is 0.280. The second kappa shape index (κ2) is 8.88. The minimum atomic E-state index is -0.191. The van der Waals surface area contributed by atoms with E-state index in [-0.39, 0.29) is 18.4 Å².